The van der Waals surface area contributed by atoms with E-state index in [1.165, 1.54) is 25.7 Å². The molecule has 1 aliphatic rings. The van der Waals surface area contributed by atoms with Gasteiger partial charge in [0.05, 0.1) is 17.4 Å². The van der Waals surface area contributed by atoms with Crippen LogP contribution >= 0.6 is 0 Å². The summed E-state index contributed by atoms with van der Waals surface area (Å²) in [7, 11) is 0. The maximum Gasteiger partial charge on any atom is 0.241 e. The summed E-state index contributed by atoms with van der Waals surface area (Å²) in [6.45, 7) is 5.22. The van der Waals surface area contributed by atoms with Gasteiger partial charge in [0, 0.05) is 6.04 Å². The van der Waals surface area contributed by atoms with E-state index in [0.717, 1.165) is 13.0 Å². The lowest BCUT2D eigenvalue weighted by molar-refractivity contribution is -0.121. The van der Waals surface area contributed by atoms with Crippen molar-refractivity contribution in [3.63, 3.8) is 0 Å². The summed E-state index contributed by atoms with van der Waals surface area (Å²) in [5, 5.41) is 2.97. The van der Waals surface area contributed by atoms with Crippen LogP contribution in [-0.4, -0.2) is 29.4 Å². The van der Waals surface area contributed by atoms with E-state index >= 15 is 0 Å². The normalized spacial score (nSPS) is 21.5. The number of amides is 1. The highest BCUT2D eigenvalue weighted by molar-refractivity contribution is 5.97. The van der Waals surface area contributed by atoms with E-state index in [-0.39, 0.29) is 11.9 Å². The largest absolute Gasteiger partial charge is 0.397 e. The summed E-state index contributed by atoms with van der Waals surface area (Å²) in [6.07, 6.45) is 6.02. The minimum absolute atomic E-state index is 0.0354. The second-order valence-electron chi connectivity index (χ2n) is 5.90. The number of hydrogen-bond acceptors (Lipinski definition) is 3. The number of nitrogens with zero attached hydrogens (tertiary/aromatic N) is 1. The zero-order valence-electron chi connectivity index (χ0n) is 13.1. The van der Waals surface area contributed by atoms with Crippen molar-refractivity contribution in [2.24, 2.45) is 0 Å². The van der Waals surface area contributed by atoms with Crippen molar-refractivity contribution in [2.75, 3.05) is 17.6 Å². The average Bonchev–Trinajstić information content (AvgIpc) is 2.73. The standard InChI is InChI=1S/C17H27N3O/c1-3-14-9-5-4-8-12-20(14)13(2)17(21)19-16-11-7-6-10-15(16)18/h6-7,10-11,13-14H,3-5,8-9,12,18H2,1-2H3,(H,19,21). The second kappa shape index (κ2) is 7.46. The van der Waals surface area contributed by atoms with Gasteiger partial charge < -0.3 is 11.1 Å². The molecular weight excluding hydrogens is 262 g/mol. The van der Waals surface area contributed by atoms with E-state index < -0.39 is 0 Å². The molecule has 1 heterocycles. The zero-order valence-corrected chi connectivity index (χ0v) is 13.1. The van der Waals surface area contributed by atoms with Crippen molar-refractivity contribution in [1.29, 1.82) is 0 Å². The van der Waals surface area contributed by atoms with E-state index in [9.17, 15) is 4.79 Å². The summed E-state index contributed by atoms with van der Waals surface area (Å²) in [5.41, 5.74) is 7.22. The van der Waals surface area contributed by atoms with E-state index in [1.807, 2.05) is 25.1 Å². The van der Waals surface area contributed by atoms with Gasteiger partial charge in [0.25, 0.3) is 0 Å². The number of carbonyl (C=O) groups excluding carboxylic acids is 1. The predicted molar refractivity (Wildman–Crippen MR) is 88.2 cm³/mol. The van der Waals surface area contributed by atoms with Gasteiger partial charge in [0.1, 0.15) is 0 Å². The Morgan fingerprint density at radius 2 is 2.14 bits per heavy atom. The van der Waals surface area contributed by atoms with E-state index in [2.05, 4.69) is 17.1 Å². The molecule has 116 valence electrons. The lowest BCUT2D eigenvalue weighted by atomic mass is 10.1. The Hall–Kier alpha value is -1.55. The molecule has 21 heavy (non-hydrogen) atoms. The first-order valence-corrected chi connectivity index (χ1v) is 8.04. The number of nitrogens with one attached hydrogen (secondary N) is 1. The third-order valence-corrected chi connectivity index (χ3v) is 4.49. The van der Waals surface area contributed by atoms with Crippen molar-refractivity contribution >= 4 is 17.3 Å². The van der Waals surface area contributed by atoms with Crippen LogP contribution in [0.2, 0.25) is 0 Å². The third-order valence-electron chi connectivity index (χ3n) is 4.49. The Morgan fingerprint density at radius 1 is 1.38 bits per heavy atom. The summed E-state index contributed by atoms with van der Waals surface area (Å²) in [6, 6.07) is 7.81. The lowest BCUT2D eigenvalue weighted by Crippen LogP contribution is -2.47. The molecule has 1 aromatic rings. The van der Waals surface area contributed by atoms with Gasteiger partial charge in [-0.05, 0) is 44.9 Å². The summed E-state index contributed by atoms with van der Waals surface area (Å²) in [4.78, 5) is 14.9. The van der Waals surface area contributed by atoms with Crippen LogP contribution in [0.3, 0.4) is 0 Å². The van der Waals surface area contributed by atoms with Gasteiger partial charge in [-0.3, -0.25) is 9.69 Å². The van der Waals surface area contributed by atoms with Gasteiger partial charge in [0.15, 0.2) is 0 Å². The van der Waals surface area contributed by atoms with E-state index in [0.29, 0.717) is 17.4 Å². The molecule has 2 atom stereocenters. The molecule has 1 fully saturated rings. The molecule has 0 spiro atoms. The number of nitrogen functional groups attached to an aromatic ring is 1. The highest BCUT2D eigenvalue weighted by atomic mass is 16.2. The fourth-order valence-corrected chi connectivity index (χ4v) is 3.15. The molecule has 2 unspecified atom stereocenters. The maximum absolute atomic E-state index is 12.5. The van der Waals surface area contributed by atoms with E-state index in [4.69, 9.17) is 5.73 Å². The van der Waals surface area contributed by atoms with Crippen LogP contribution in [0.4, 0.5) is 11.4 Å². The van der Waals surface area contributed by atoms with Crippen molar-refractivity contribution < 1.29 is 4.79 Å². The van der Waals surface area contributed by atoms with Gasteiger partial charge in [-0.1, -0.05) is 31.9 Å². The van der Waals surface area contributed by atoms with Crippen molar-refractivity contribution in [2.45, 2.75) is 58.0 Å². The van der Waals surface area contributed by atoms with Crippen LogP contribution in [0.5, 0.6) is 0 Å². The minimum atomic E-state index is -0.118. The van der Waals surface area contributed by atoms with Crippen LogP contribution in [0.25, 0.3) is 0 Å². The fourth-order valence-electron chi connectivity index (χ4n) is 3.15. The Morgan fingerprint density at radius 3 is 2.86 bits per heavy atom. The first-order chi connectivity index (χ1) is 10.1. The summed E-state index contributed by atoms with van der Waals surface area (Å²) in [5.74, 6) is 0.0354. The number of para-hydroxylation sites is 2. The molecule has 2 rings (SSSR count). The quantitative estimate of drug-likeness (QED) is 0.837. The van der Waals surface area contributed by atoms with Crippen molar-refractivity contribution in [3.05, 3.63) is 24.3 Å². The van der Waals surface area contributed by atoms with Gasteiger partial charge in [0.2, 0.25) is 5.91 Å². The van der Waals surface area contributed by atoms with Crippen LogP contribution in [0.1, 0.15) is 46.0 Å². The molecule has 1 aromatic carbocycles. The molecule has 0 saturated carbocycles. The van der Waals surface area contributed by atoms with Crippen molar-refractivity contribution in [3.8, 4) is 0 Å². The minimum Gasteiger partial charge on any atom is -0.397 e. The van der Waals surface area contributed by atoms with Crippen LogP contribution in [0, 0.1) is 0 Å². The number of anilines is 2. The molecule has 1 saturated heterocycles. The monoisotopic (exact) mass is 289 g/mol. The predicted octanol–water partition coefficient (Wildman–Crippen LogP) is 3.25. The molecule has 0 aliphatic carbocycles. The molecule has 1 aliphatic heterocycles. The molecule has 0 aromatic heterocycles. The van der Waals surface area contributed by atoms with Crippen LogP contribution in [0.15, 0.2) is 24.3 Å². The highest BCUT2D eigenvalue weighted by Crippen LogP contribution is 2.23. The number of rotatable bonds is 4. The van der Waals surface area contributed by atoms with Gasteiger partial charge in [-0.2, -0.15) is 0 Å². The average molecular weight is 289 g/mol. The summed E-state index contributed by atoms with van der Waals surface area (Å²) < 4.78 is 0. The fraction of sp³-hybridized carbons (Fsp3) is 0.588. The number of likely N-dealkylation sites (tertiary alicyclic amines) is 1. The lowest BCUT2D eigenvalue weighted by Gasteiger charge is -2.33. The number of hydrogen-bond donors (Lipinski definition) is 2. The van der Waals surface area contributed by atoms with Gasteiger partial charge >= 0.3 is 0 Å². The summed E-state index contributed by atoms with van der Waals surface area (Å²) >= 11 is 0. The molecule has 0 radical (unpaired) electrons. The Labute approximate surface area is 127 Å². The number of benzene rings is 1. The van der Waals surface area contributed by atoms with E-state index in [1.54, 1.807) is 6.07 Å². The van der Waals surface area contributed by atoms with Crippen LogP contribution < -0.4 is 11.1 Å². The molecule has 1 amide bonds. The number of nitrogens with two attached hydrogens (primary N) is 1. The third kappa shape index (κ3) is 3.97. The zero-order chi connectivity index (χ0) is 15.2. The van der Waals surface area contributed by atoms with Crippen LogP contribution in [-0.2, 0) is 4.79 Å². The van der Waals surface area contributed by atoms with Crippen molar-refractivity contribution in [1.82, 2.24) is 4.90 Å². The number of carbonyl (C=O) groups is 1. The second-order valence-corrected chi connectivity index (χ2v) is 5.90. The Bertz CT molecular complexity index is 475. The first-order valence-electron chi connectivity index (χ1n) is 8.04. The smallest absolute Gasteiger partial charge is 0.241 e. The maximum atomic E-state index is 12.5. The topological polar surface area (TPSA) is 58.4 Å². The molecule has 4 nitrogen and oxygen atoms in total. The first kappa shape index (κ1) is 15.8. The highest BCUT2D eigenvalue weighted by Gasteiger charge is 2.28. The SMILES string of the molecule is CCC1CCCCCN1C(C)C(=O)Nc1ccccc1N. The molecule has 4 heteroatoms. The van der Waals surface area contributed by atoms with Gasteiger partial charge in [-0.25, -0.2) is 0 Å². The molecular formula is C17H27N3O. The van der Waals surface area contributed by atoms with Gasteiger partial charge in [-0.15, -0.1) is 0 Å². The molecule has 3 N–H and O–H groups in total. The Kier molecular flexibility index (Phi) is 5.62. The Balaban J connectivity index is 2.05. The molecule has 0 bridgehead atoms.